The minimum Gasteiger partial charge on any atom is -0.376 e. The summed E-state index contributed by atoms with van der Waals surface area (Å²) in [5, 5.41) is 2.59. The van der Waals surface area contributed by atoms with E-state index in [0.717, 1.165) is 25.1 Å². The maximum absolute atomic E-state index is 13.0. The summed E-state index contributed by atoms with van der Waals surface area (Å²) in [4.78, 5) is 34.3. The van der Waals surface area contributed by atoms with E-state index in [9.17, 15) is 9.59 Å². The van der Waals surface area contributed by atoms with Crippen molar-refractivity contribution in [2.24, 2.45) is 0 Å². The number of anilines is 1. The van der Waals surface area contributed by atoms with Crippen LogP contribution in [0.15, 0.2) is 42.7 Å². The molecule has 7 heteroatoms. The number of hydrogen-bond acceptors (Lipinski definition) is 5. The van der Waals surface area contributed by atoms with Gasteiger partial charge in [0.15, 0.2) is 0 Å². The molecule has 0 unspecified atom stereocenters. The molecule has 0 radical (unpaired) electrons. The standard InChI is InChI=1S/C19H22N4O3/c1-14(24)22-18-8-7-15(11-21-18)19(25)23(13-17-6-4-10-26-17)12-16-5-2-3-9-20-16/h2-3,5,7-9,11,17H,4,6,10,12-13H2,1H3,(H,21,22,24)/t17-/m0/s1. The maximum atomic E-state index is 13.0. The molecule has 2 aromatic heterocycles. The van der Waals surface area contributed by atoms with Crippen LogP contribution in [0.3, 0.4) is 0 Å². The van der Waals surface area contributed by atoms with Gasteiger partial charge in [-0.25, -0.2) is 4.98 Å². The minimum atomic E-state index is -0.202. The Kier molecular flexibility index (Phi) is 5.91. The largest absolute Gasteiger partial charge is 0.376 e. The van der Waals surface area contributed by atoms with E-state index < -0.39 is 0 Å². The van der Waals surface area contributed by atoms with Gasteiger partial charge in [0, 0.05) is 32.5 Å². The zero-order valence-electron chi connectivity index (χ0n) is 14.7. The summed E-state index contributed by atoms with van der Waals surface area (Å²) in [6.45, 7) is 3.08. The second-order valence-electron chi connectivity index (χ2n) is 6.26. The van der Waals surface area contributed by atoms with Crippen molar-refractivity contribution in [2.45, 2.75) is 32.4 Å². The van der Waals surface area contributed by atoms with Gasteiger partial charge in [-0.1, -0.05) is 6.07 Å². The van der Waals surface area contributed by atoms with E-state index >= 15 is 0 Å². The van der Waals surface area contributed by atoms with E-state index in [-0.39, 0.29) is 17.9 Å². The molecular weight excluding hydrogens is 332 g/mol. The molecule has 0 spiro atoms. The number of carbonyl (C=O) groups excluding carboxylic acids is 2. The van der Waals surface area contributed by atoms with Crippen LogP contribution in [0.5, 0.6) is 0 Å². The predicted molar refractivity (Wildman–Crippen MR) is 96.5 cm³/mol. The number of rotatable bonds is 6. The Morgan fingerprint density at radius 3 is 2.77 bits per heavy atom. The molecule has 7 nitrogen and oxygen atoms in total. The quantitative estimate of drug-likeness (QED) is 0.860. The molecule has 3 rings (SSSR count). The highest BCUT2D eigenvalue weighted by atomic mass is 16.5. The molecule has 1 atom stereocenters. The van der Waals surface area contributed by atoms with Gasteiger partial charge >= 0.3 is 0 Å². The average molecular weight is 354 g/mol. The van der Waals surface area contributed by atoms with Gasteiger partial charge in [0.05, 0.1) is 23.9 Å². The molecule has 3 heterocycles. The zero-order valence-corrected chi connectivity index (χ0v) is 14.7. The topological polar surface area (TPSA) is 84.4 Å². The second kappa shape index (κ2) is 8.53. The summed E-state index contributed by atoms with van der Waals surface area (Å²) in [6.07, 6.45) is 5.21. The molecule has 2 aromatic rings. The molecular formula is C19H22N4O3. The van der Waals surface area contributed by atoms with E-state index in [2.05, 4.69) is 15.3 Å². The third-order valence-electron chi connectivity index (χ3n) is 4.13. The lowest BCUT2D eigenvalue weighted by atomic mass is 10.2. The van der Waals surface area contributed by atoms with Crippen LogP contribution < -0.4 is 5.32 Å². The molecule has 1 fully saturated rings. The zero-order chi connectivity index (χ0) is 18.4. The number of aromatic nitrogens is 2. The number of hydrogen-bond donors (Lipinski definition) is 1. The van der Waals surface area contributed by atoms with Gasteiger partial charge in [-0.3, -0.25) is 14.6 Å². The van der Waals surface area contributed by atoms with Crippen LogP contribution in [0.25, 0.3) is 0 Å². The summed E-state index contributed by atoms with van der Waals surface area (Å²) in [7, 11) is 0. The van der Waals surface area contributed by atoms with Crippen molar-refractivity contribution in [3.63, 3.8) is 0 Å². The third kappa shape index (κ3) is 4.86. The first-order chi connectivity index (χ1) is 12.6. The maximum Gasteiger partial charge on any atom is 0.255 e. The van der Waals surface area contributed by atoms with Crippen LogP contribution in [0.1, 0.15) is 35.8 Å². The summed E-state index contributed by atoms with van der Waals surface area (Å²) < 4.78 is 5.69. The molecule has 0 bridgehead atoms. The number of nitrogens with zero attached hydrogens (tertiary/aromatic N) is 3. The van der Waals surface area contributed by atoms with Crippen molar-refractivity contribution in [1.29, 1.82) is 0 Å². The molecule has 26 heavy (non-hydrogen) atoms. The molecule has 1 saturated heterocycles. The lowest BCUT2D eigenvalue weighted by molar-refractivity contribution is -0.114. The fourth-order valence-electron chi connectivity index (χ4n) is 2.90. The second-order valence-corrected chi connectivity index (χ2v) is 6.26. The number of nitrogens with one attached hydrogen (secondary N) is 1. The van der Waals surface area contributed by atoms with Gasteiger partial charge in [-0.05, 0) is 37.1 Å². The van der Waals surface area contributed by atoms with Gasteiger partial charge in [-0.15, -0.1) is 0 Å². The van der Waals surface area contributed by atoms with E-state index in [1.807, 2.05) is 18.2 Å². The number of amides is 2. The molecule has 0 aromatic carbocycles. The minimum absolute atomic E-state index is 0.0503. The van der Waals surface area contributed by atoms with Crippen LogP contribution in [0.2, 0.25) is 0 Å². The third-order valence-corrected chi connectivity index (χ3v) is 4.13. The SMILES string of the molecule is CC(=O)Nc1ccc(C(=O)N(Cc2ccccn2)C[C@@H]2CCCO2)cn1. The number of pyridine rings is 2. The molecule has 0 saturated carbocycles. The molecule has 1 aliphatic heterocycles. The molecule has 0 aliphatic carbocycles. The van der Waals surface area contributed by atoms with Crippen LogP contribution in [-0.2, 0) is 16.1 Å². The van der Waals surface area contributed by atoms with Crippen LogP contribution in [-0.4, -0.2) is 45.9 Å². The van der Waals surface area contributed by atoms with Gasteiger partial charge in [-0.2, -0.15) is 0 Å². The average Bonchev–Trinajstić information content (AvgIpc) is 3.15. The van der Waals surface area contributed by atoms with Crippen LogP contribution in [0.4, 0.5) is 5.82 Å². The van der Waals surface area contributed by atoms with Crippen molar-refractivity contribution in [1.82, 2.24) is 14.9 Å². The first-order valence-electron chi connectivity index (χ1n) is 8.66. The lowest BCUT2D eigenvalue weighted by Crippen LogP contribution is -2.37. The Balaban J connectivity index is 1.75. The van der Waals surface area contributed by atoms with Crippen molar-refractivity contribution in [2.75, 3.05) is 18.5 Å². The summed E-state index contributed by atoms with van der Waals surface area (Å²) in [6, 6.07) is 8.94. The first kappa shape index (κ1) is 18.0. The van der Waals surface area contributed by atoms with Gasteiger partial charge in [0.2, 0.25) is 5.91 Å². The Morgan fingerprint density at radius 2 is 2.15 bits per heavy atom. The summed E-state index contributed by atoms with van der Waals surface area (Å²) in [5.41, 5.74) is 1.29. The highest BCUT2D eigenvalue weighted by Gasteiger charge is 2.24. The normalized spacial score (nSPS) is 16.3. The Labute approximate surface area is 152 Å². The Morgan fingerprint density at radius 1 is 1.27 bits per heavy atom. The highest BCUT2D eigenvalue weighted by Crippen LogP contribution is 2.17. The van der Waals surface area contributed by atoms with E-state index in [0.29, 0.717) is 24.5 Å². The lowest BCUT2D eigenvalue weighted by Gasteiger charge is -2.25. The summed E-state index contributed by atoms with van der Waals surface area (Å²) >= 11 is 0. The smallest absolute Gasteiger partial charge is 0.255 e. The van der Waals surface area contributed by atoms with Crippen molar-refractivity contribution >= 4 is 17.6 Å². The van der Waals surface area contributed by atoms with Crippen molar-refractivity contribution < 1.29 is 14.3 Å². The van der Waals surface area contributed by atoms with Crippen molar-refractivity contribution in [3.8, 4) is 0 Å². The van der Waals surface area contributed by atoms with Crippen LogP contribution in [0, 0.1) is 0 Å². The summed E-state index contributed by atoms with van der Waals surface area (Å²) in [5.74, 6) is 0.0872. The predicted octanol–water partition coefficient (Wildman–Crippen LogP) is 2.26. The number of carbonyl (C=O) groups is 2. The monoisotopic (exact) mass is 354 g/mol. The molecule has 1 N–H and O–H groups in total. The van der Waals surface area contributed by atoms with E-state index in [1.165, 1.54) is 13.1 Å². The van der Waals surface area contributed by atoms with E-state index in [1.54, 1.807) is 23.2 Å². The fraction of sp³-hybridized carbons (Fsp3) is 0.368. The fourth-order valence-corrected chi connectivity index (χ4v) is 2.90. The first-order valence-corrected chi connectivity index (χ1v) is 8.66. The van der Waals surface area contributed by atoms with Gasteiger partial charge < -0.3 is 15.0 Å². The van der Waals surface area contributed by atoms with Crippen molar-refractivity contribution in [3.05, 3.63) is 54.0 Å². The molecule has 136 valence electrons. The van der Waals surface area contributed by atoms with E-state index in [4.69, 9.17) is 4.74 Å². The Hall–Kier alpha value is -2.80. The van der Waals surface area contributed by atoms with Gasteiger partial charge in [0.25, 0.3) is 5.91 Å². The Bertz CT molecular complexity index is 743. The molecule has 1 aliphatic rings. The van der Waals surface area contributed by atoms with Crippen LogP contribution >= 0.6 is 0 Å². The highest BCUT2D eigenvalue weighted by molar-refractivity contribution is 5.94. The number of ether oxygens (including phenoxy) is 1. The molecule has 2 amide bonds. The van der Waals surface area contributed by atoms with Gasteiger partial charge in [0.1, 0.15) is 5.82 Å².